The van der Waals surface area contributed by atoms with Gasteiger partial charge in [0.2, 0.25) is 0 Å². The molecule has 0 bridgehead atoms. The number of carbonyl (C=O) groups excluding carboxylic acids is 1. The van der Waals surface area contributed by atoms with Crippen molar-refractivity contribution in [2.75, 3.05) is 5.32 Å². The van der Waals surface area contributed by atoms with E-state index in [4.69, 9.17) is 16.7 Å². The molecular weight excluding hydrogens is 513 g/mol. The number of nitrogens with one attached hydrogen (secondary N) is 1. The summed E-state index contributed by atoms with van der Waals surface area (Å²) >= 11 is 6.01. The van der Waals surface area contributed by atoms with E-state index in [2.05, 4.69) is 41.1 Å². The van der Waals surface area contributed by atoms with Gasteiger partial charge in [-0.05, 0) is 66.9 Å². The first-order valence-corrected chi connectivity index (χ1v) is 13.3. The highest BCUT2D eigenvalue weighted by Gasteiger charge is 2.36. The standard InChI is InChI=1S/C31H27ClFN5O/c1-3-21-11-13-22(14-12-21)29-28-10-7-17-36(28)30-25(20(2)35-38(30)24-8-5-4-6-9-24)19-37(29)31(39)34-23-15-16-27(33)26(32)18-23/h4-18,29H,3,19H2,1-2H3,(H,34,39)/t29-/m0/s1. The number of benzene rings is 3. The van der Waals surface area contributed by atoms with E-state index in [9.17, 15) is 9.18 Å². The number of amides is 2. The van der Waals surface area contributed by atoms with Crippen LogP contribution in [0.4, 0.5) is 14.9 Å². The van der Waals surface area contributed by atoms with Crippen molar-refractivity contribution in [3.63, 3.8) is 0 Å². The van der Waals surface area contributed by atoms with Crippen LogP contribution in [-0.2, 0) is 13.0 Å². The third-order valence-electron chi connectivity index (χ3n) is 7.22. The summed E-state index contributed by atoms with van der Waals surface area (Å²) in [6, 6.07) is 25.9. The highest BCUT2D eigenvalue weighted by molar-refractivity contribution is 6.31. The van der Waals surface area contributed by atoms with Crippen LogP contribution in [0.25, 0.3) is 11.5 Å². The van der Waals surface area contributed by atoms with Crippen LogP contribution < -0.4 is 5.32 Å². The molecular formula is C31H27ClFN5O. The van der Waals surface area contributed by atoms with Gasteiger partial charge in [0.15, 0.2) is 0 Å². The highest BCUT2D eigenvalue weighted by atomic mass is 35.5. The summed E-state index contributed by atoms with van der Waals surface area (Å²) in [6.07, 6.45) is 2.94. The van der Waals surface area contributed by atoms with Crippen molar-refractivity contribution >= 4 is 23.3 Å². The Morgan fingerprint density at radius 2 is 1.82 bits per heavy atom. The summed E-state index contributed by atoms with van der Waals surface area (Å²) in [5.74, 6) is 0.360. The van der Waals surface area contributed by atoms with Crippen LogP contribution in [0, 0.1) is 12.7 Å². The third kappa shape index (κ3) is 4.49. The Balaban J connectivity index is 1.52. The molecule has 0 radical (unpaired) electrons. The number of halogens is 2. The van der Waals surface area contributed by atoms with E-state index in [-0.39, 0.29) is 11.1 Å². The van der Waals surface area contributed by atoms with Crippen LogP contribution in [0.1, 0.15) is 41.0 Å². The van der Waals surface area contributed by atoms with E-state index in [0.717, 1.165) is 40.4 Å². The molecule has 0 saturated heterocycles. The Hall–Kier alpha value is -4.36. The van der Waals surface area contributed by atoms with Gasteiger partial charge in [-0.15, -0.1) is 0 Å². The molecule has 3 aromatic carbocycles. The van der Waals surface area contributed by atoms with Gasteiger partial charge in [0.1, 0.15) is 11.6 Å². The zero-order chi connectivity index (χ0) is 27.1. The van der Waals surface area contributed by atoms with Crippen LogP contribution in [0.5, 0.6) is 0 Å². The van der Waals surface area contributed by atoms with Gasteiger partial charge in [-0.25, -0.2) is 13.9 Å². The maximum atomic E-state index is 14.0. The van der Waals surface area contributed by atoms with Crippen molar-refractivity contribution in [2.24, 2.45) is 0 Å². The number of fused-ring (bicyclic) bond motifs is 3. The number of anilines is 1. The van der Waals surface area contributed by atoms with E-state index in [1.807, 2.05) is 60.3 Å². The maximum absolute atomic E-state index is 14.0. The summed E-state index contributed by atoms with van der Waals surface area (Å²) in [7, 11) is 0. The van der Waals surface area contributed by atoms with Crippen LogP contribution in [0.3, 0.4) is 0 Å². The maximum Gasteiger partial charge on any atom is 0.322 e. The summed E-state index contributed by atoms with van der Waals surface area (Å²) in [4.78, 5) is 15.8. The summed E-state index contributed by atoms with van der Waals surface area (Å²) in [5, 5.41) is 7.77. The summed E-state index contributed by atoms with van der Waals surface area (Å²) in [5.41, 5.74) is 6.27. The topological polar surface area (TPSA) is 55.1 Å². The van der Waals surface area contributed by atoms with Crippen molar-refractivity contribution < 1.29 is 9.18 Å². The second-order valence-corrected chi connectivity index (χ2v) is 10.0. The number of carbonyl (C=O) groups is 1. The molecule has 39 heavy (non-hydrogen) atoms. The first kappa shape index (κ1) is 24.9. The molecule has 1 aliphatic heterocycles. The van der Waals surface area contributed by atoms with E-state index in [0.29, 0.717) is 12.2 Å². The second kappa shape index (κ2) is 10.1. The van der Waals surface area contributed by atoms with Crippen molar-refractivity contribution in [2.45, 2.75) is 32.9 Å². The van der Waals surface area contributed by atoms with Gasteiger partial charge < -0.3 is 14.8 Å². The zero-order valence-electron chi connectivity index (χ0n) is 21.6. The predicted octanol–water partition coefficient (Wildman–Crippen LogP) is 7.46. The minimum Gasteiger partial charge on any atom is -0.308 e. The minimum absolute atomic E-state index is 0.0495. The normalized spacial score (nSPS) is 14.5. The quantitative estimate of drug-likeness (QED) is 0.258. The van der Waals surface area contributed by atoms with Gasteiger partial charge in [0, 0.05) is 17.4 Å². The molecule has 6 rings (SSSR count). The van der Waals surface area contributed by atoms with E-state index < -0.39 is 11.9 Å². The number of rotatable bonds is 4. The van der Waals surface area contributed by atoms with Gasteiger partial charge in [-0.2, -0.15) is 5.10 Å². The van der Waals surface area contributed by atoms with E-state index >= 15 is 0 Å². The molecule has 196 valence electrons. The molecule has 5 aromatic rings. The lowest BCUT2D eigenvalue weighted by Gasteiger charge is -2.31. The Morgan fingerprint density at radius 3 is 2.54 bits per heavy atom. The van der Waals surface area contributed by atoms with Crippen LogP contribution in [0.15, 0.2) is 91.1 Å². The minimum atomic E-state index is -0.537. The Kier molecular flexibility index (Phi) is 6.45. The number of hydrogen-bond acceptors (Lipinski definition) is 2. The average molecular weight is 540 g/mol. The lowest BCUT2D eigenvalue weighted by molar-refractivity contribution is 0.194. The molecule has 1 N–H and O–H groups in total. The highest BCUT2D eigenvalue weighted by Crippen LogP contribution is 2.39. The molecule has 1 atom stereocenters. The Bertz CT molecular complexity index is 1660. The van der Waals surface area contributed by atoms with Gasteiger partial charge >= 0.3 is 6.03 Å². The lowest BCUT2D eigenvalue weighted by Crippen LogP contribution is -2.38. The number of nitrogens with zero attached hydrogens (tertiary/aromatic N) is 4. The van der Waals surface area contributed by atoms with Crippen molar-refractivity contribution in [1.29, 1.82) is 0 Å². The molecule has 0 saturated carbocycles. The summed E-state index contributed by atoms with van der Waals surface area (Å²) < 4.78 is 17.9. The molecule has 2 aromatic heterocycles. The van der Waals surface area contributed by atoms with Gasteiger partial charge in [-0.3, -0.25) is 0 Å². The fourth-order valence-electron chi connectivity index (χ4n) is 5.20. The molecule has 8 heteroatoms. The molecule has 0 unspecified atom stereocenters. The van der Waals surface area contributed by atoms with Crippen molar-refractivity contribution in [3.05, 3.63) is 130 Å². The number of urea groups is 1. The number of aryl methyl sites for hydroxylation is 2. The molecule has 2 amide bonds. The van der Waals surface area contributed by atoms with Crippen LogP contribution in [0.2, 0.25) is 5.02 Å². The van der Waals surface area contributed by atoms with Crippen molar-refractivity contribution in [1.82, 2.24) is 19.2 Å². The monoisotopic (exact) mass is 539 g/mol. The fraction of sp³-hybridized carbons (Fsp3) is 0.161. The van der Waals surface area contributed by atoms with Gasteiger partial charge in [0.25, 0.3) is 0 Å². The van der Waals surface area contributed by atoms with Crippen LogP contribution in [-0.4, -0.2) is 25.3 Å². The van der Waals surface area contributed by atoms with E-state index in [1.165, 1.54) is 23.8 Å². The average Bonchev–Trinajstić information content (AvgIpc) is 3.51. The van der Waals surface area contributed by atoms with Gasteiger partial charge in [-0.1, -0.05) is 61.0 Å². The fourth-order valence-corrected chi connectivity index (χ4v) is 5.39. The molecule has 0 aliphatic carbocycles. The zero-order valence-corrected chi connectivity index (χ0v) is 22.4. The molecule has 3 heterocycles. The second-order valence-electron chi connectivity index (χ2n) is 9.62. The largest absolute Gasteiger partial charge is 0.322 e. The number of hydrogen-bond donors (Lipinski definition) is 1. The molecule has 0 fully saturated rings. The van der Waals surface area contributed by atoms with E-state index in [1.54, 1.807) is 4.90 Å². The van der Waals surface area contributed by atoms with Gasteiger partial charge in [0.05, 0.1) is 34.7 Å². The first-order chi connectivity index (χ1) is 18.9. The van der Waals surface area contributed by atoms with Crippen LogP contribution >= 0.6 is 11.6 Å². The molecule has 1 aliphatic rings. The smallest absolute Gasteiger partial charge is 0.308 e. The summed E-state index contributed by atoms with van der Waals surface area (Å²) in [6.45, 7) is 4.40. The predicted molar refractivity (Wildman–Crippen MR) is 151 cm³/mol. The SMILES string of the molecule is CCc1ccc([C@H]2c3cccn3-c3c(c(C)nn3-c3ccccc3)CN2C(=O)Nc2ccc(F)c(Cl)c2)cc1. The lowest BCUT2D eigenvalue weighted by atomic mass is 9.99. The number of aromatic nitrogens is 3. The third-order valence-corrected chi connectivity index (χ3v) is 7.51. The van der Waals surface area contributed by atoms with Crippen molar-refractivity contribution in [3.8, 4) is 11.5 Å². The number of para-hydroxylation sites is 1. The molecule has 0 spiro atoms. The Labute approximate surface area is 231 Å². The Morgan fingerprint density at radius 1 is 1.05 bits per heavy atom. The molecule has 6 nitrogen and oxygen atoms in total. The first-order valence-electron chi connectivity index (χ1n) is 12.9.